The van der Waals surface area contributed by atoms with Crippen molar-refractivity contribution in [2.45, 2.75) is 26.4 Å². The molecule has 1 heterocycles. The lowest BCUT2D eigenvalue weighted by Gasteiger charge is -2.17. The second-order valence-corrected chi connectivity index (χ2v) is 7.15. The molecule has 3 rings (SSSR count). The predicted octanol–water partition coefficient (Wildman–Crippen LogP) is 6.76. The van der Waals surface area contributed by atoms with E-state index in [0.29, 0.717) is 17.7 Å². The molecule has 2 aromatic carbocycles. The summed E-state index contributed by atoms with van der Waals surface area (Å²) >= 11 is 6.10. The van der Waals surface area contributed by atoms with Gasteiger partial charge in [0.05, 0.1) is 22.5 Å². The van der Waals surface area contributed by atoms with Crippen molar-refractivity contribution in [2.75, 3.05) is 10.6 Å². The highest BCUT2D eigenvalue weighted by molar-refractivity contribution is 6.32. The van der Waals surface area contributed by atoms with E-state index in [9.17, 15) is 22.4 Å². The number of aromatic nitrogens is 1. The van der Waals surface area contributed by atoms with E-state index in [-0.39, 0.29) is 22.1 Å². The summed E-state index contributed by atoms with van der Waals surface area (Å²) in [6.07, 6.45) is -3.95. The van der Waals surface area contributed by atoms with Crippen molar-refractivity contribution in [1.82, 2.24) is 4.98 Å². The predicted molar refractivity (Wildman–Crippen MR) is 112 cm³/mol. The van der Waals surface area contributed by atoms with Gasteiger partial charge < -0.3 is 10.6 Å². The third-order valence-corrected chi connectivity index (χ3v) is 4.85. The third-order valence-electron chi connectivity index (χ3n) is 4.57. The highest BCUT2D eigenvalue weighted by Gasteiger charge is 2.31. The maximum absolute atomic E-state index is 13.4. The molecule has 9 heteroatoms. The summed E-state index contributed by atoms with van der Waals surface area (Å²) in [6, 6.07) is 9.77. The molecular formula is C22H18ClF4N3O. The molecule has 0 aliphatic heterocycles. The van der Waals surface area contributed by atoms with Gasteiger partial charge >= 0.3 is 6.18 Å². The molecule has 3 aromatic rings. The molecule has 0 atom stereocenters. The number of rotatable bonds is 5. The Morgan fingerprint density at radius 3 is 2.35 bits per heavy atom. The number of amides is 1. The number of halogens is 5. The number of benzene rings is 2. The highest BCUT2D eigenvalue weighted by atomic mass is 35.5. The van der Waals surface area contributed by atoms with E-state index in [1.165, 1.54) is 18.2 Å². The lowest BCUT2D eigenvalue weighted by Crippen LogP contribution is -2.16. The van der Waals surface area contributed by atoms with Gasteiger partial charge in [0.2, 0.25) is 0 Å². The molecule has 0 radical (unpaired) electrons. The van der Waals surface area contributed by atoms with Crippen LogP contribution in [-0.2, 0) is 12.6 Å². The van der Waals surface area contributed by atoms with Crippen LogP contribution >= 0.6 is 11.6 Å². The number of alkyl halides is 3. The fourth-order valence-electron chi connectivity index (χ4n) is 2.89. The number of nitrogens with one attached hydrogen (secondary N) is 2. The molecule has 4 nitrogen and oxygen atoms in total. The van der Waals surface area contributed by atoms with Crippen LogP contribution < -0.4 is 10.6 Å². The zero-order valence-corrected chi connectivity index (χ0v) is 17.3. The smallest absolute Gasteiger partial charge is 0.355 e. The lowest BCUT2D eigenvalue weighted by molar-refractivity contribution is -0.137. The van der Waals surface area contributed by atoms with Gasteiger partial charge in [0.15, 0.2) is 5.15 Å². The minimum absolute atomic E-state index is 0.0487. The number of hydrogen-bond acceptors (Lipinski definition) is 3. The van der Waals surface area contributed by atoms with Gasteiger partial charge in [-0.15, -0.1) is 0 Å². The lowest BCUT2D eigenvalue weighted by atomic mass is 10.1. The Labute approximate surface area is 181 Å². The molecule has 162 valence electrons. The van der Waals surface area contributed by atoms with Crippen LogP contribution in [0.2, 0.25) is 5.15 Å². The average Bonchev–Trinajstić information content (AvgIpc) is 2.70. The summed E-state index contributed by atoms with van der Waals surface area (Å²) in [7, 11) is 0. The first-order valence-corrected chi connectivity index (χ1v) is 9.67. The monoisotopic (exact) mass is 451 g/mol. The van der Waals surface area contributed by atoms with Crippen molar-refractivity contribution >= 4 is 34.6 Å². The zero-order chi connectivity index (χ0) is 22.8. The SMILES string of the molecule is CCc1ccc(NC(=O)c2ccc(C(F)(F)F)cc2Nc2ccc(F)cc2C)c(Cl)n1. The number of pyridine rings is 1. The van der Waals surface area contributed by atoms with Crippen LogP contribution in [-0.4, -0.2) is 10.9 Å². The summed E-state index contributed by atoms with van der Waals surface area (Å²) < 4.78 is 53.1. The Kier molecular flexibility index (Phi) is 6.50. The van der Waals surface area contributed by atoms with E-state index >= 15 is 0 Å². The Hall–Kier alpha value is -3.13. The fourth-order valence-corrected chi connectivity index (χ4v) is 3.10. The standard InChI is InChI=1S/C22H18ClF4N3O/c1-3-15-6-9-18(20(23)28-15)30-21(31)16-7-4-13(22(25,26)27)11-19(16)29-17-8-5-14(24)10-12(17)2/h4-11,29H,3H2,1-2H3,(H,30,31). The summed E-state index contributed by atoms with van der Waals surface area (Å²) in [5.74, 6) is -1.16. The van der Waals surface area contributed by atoms with Gasteiger partial charge in [-0.1, -0.05) is 18.5 Å². The summed E-state index contributed by atoms with van der Waals surface area (Å²) in [5.41, 5.74) is 0.717. The van der Waals surface area contributed by atoms with E-state index in [0.717, 1.165) is 23.9 Å². The molecule has 0 saturated carbocycles. The van der Waals surface area contributed by atoms with Crippen molar-refractivity contribution in [3.63, 3.8) is 0 Å². The van der Waals surface area contributed by atoms with Crippen LogP contribution in [0.15, 0.2) is 48.5 Å². The van der Waals surface area contributed by atoms with Gasteiger partial charge in [-0.2, -0.15) is 13.2 Å². The molecule has 31 heavy (non-hydrogen) atoms. The number of carbonyl (C=O) groups is 1. The van der Waals surface area contributed by atoms with Crippen LogP contribution in [0, 0.1) is 12.7 Å². The second-order valence-electron chi connectivity index (χ2n) is 6.79. The molecular weight excluding hydrogens is 434 g/mol. The highest BCUT2D eigenvalue weighted by Crippen LogP contribution is 2.34. The topological polar surface area (TPSA) is 54.0 Å². The van der Waals surface area contributed by atoms with Gasteiger partial charge in [0.1, 0.15) is 5.82 Å². The van der Waals surface area contributed by atoms with E-state index < -0.39 is 23.5 Å². The first-order chi connectivity index (χ1) is 14.6. The van der Waals surface area contributed by atoms with Crippen LogP contribution in [0.5, 0.6) is 0 Å². The Bertz CT molecular complexity index is 1130. The van der Waals surface area contributed by atoms with Gasteiger partial charge in [0.25, 0.3) is 5.91 Å². The normalized spacial score (nSPS) is 11.3. The average molecular weight is 452 g/mol. The van der Waals surface area contributed by atoms with Crippen molar-refractivity contribution in [3.05, 3.63) is 81.9 Å². The molecule has 0 fully saturated rings. The molecule has 0 bridgehead atoms. The van der Waals surface area contributed by atoms with Crippen LogP contribution in [0.3, 0.4) is 0 Å². The van der Waals surface area contributed by atoms with Crippen LogP contribution in [0.4, 0.5) is 34.6 Å². The minimum Gasteiger partial charge on any atom is -0.355 e. The first kappa shape index (κ1) is 22.6. The molecule has 1 aromatic heterocycles. The summed E-state index contributed by atoms with van der Waals surface area (Å²) in [6.45, 7) is 3.49. The fraction of sp³-hybridized carbons (Fsp3) is 0.182. The van der Waals surface area contributed by atoms with Crippen molar-refractivity contribution < 1.29 is 22.4 Å². The van der Waals surface area contributed by atoms with E-state index in [1.54, 1.807) is 19.1 Å². The number of nitrogens with zero attached hydrogens (tertiary/aromatic N) is 1. The molecule has 1 amide bonds. The quantitative estimate of drug-likeness (QED) is 0.333. The largest absolute Gasteiger partial charge is 0.416 e. The van der Waals surface area contributed by atoms with Gasteiger partial charge in [-0.05, 0) is 67.4 Å². The molecule has 0 aliphatic carbocycles. The maximum Gasteiger partial charge on any atom is 0.416 e. The Balaban J connectivity index is 1.99. The van der Waals surface area contributed by atoms with Crippen molar-refractivity contribution in [3.8, 4) is 0 Å². The van der Waals surface area contributed by atoms with Gasteiger partial charge in [-0.3, -0.25) is 4.79 Å². The Morgan fingerprint density at radius 1 is 1.03 bits per heavy atom. The summed E-state index contributed by atoms with van der Waals surface area (Å²) in [4.78, 5) is 17.0. The van der Waals surface area contributed by atoms with Crippen LogP contribution in [0.25, 0.3) is 0 Å². The molecule has 0 spiro atoms. The van der Waals surface area contributed by atoms with Gasteiger partial charge in [-0.25, -0.2) is 9.37 Å². The van der Waals surface area contributed by atoms with Crippen molar-refractivity contribution in [2.24, 2.45) is 0 Å². The van der Waals surface area contributed by atoms with E-state index in [1.807, 2.05) is 6.92 Å². The number of anilines is 3. The molecule has 0 saturated heterocycles. The number of aryl methyl sites for hydroxylation is 2. The summed E-state index contributed by atoms with van der Waals surface area (Å²) in [5, 5.41) is 5.45. The van der Waals surface area contributed by atoms with Crippen LogP contribution in [0.1, 0.15) is 34.1 Å². The van der Waals surface area contributed by atoms with Crippen molar-refractivity contribution in [1.29, 1.82) is 0 Å². The van der Waals surface area contributed by atoms with E-state index in [4.69, 9.17) is 11.6 Å². The van der Waals surface area contributed by atoms with E-state index in [2.05, 4.69) is 15.6 Å². The number of hydrogen-bond donors (Lipinski definition) is 2. The molecule has 2 N–H and O–H groups in total. The molecule has 0 unspecified atom stereocenters. The maximum atomic E-state index is 13.4. The van der Waals surface area contributed by atoms with Gasteiger partial charge in [0, 0.05) is 11.4 Å². The first-order valence-electron chi connectivity index (χ1n) is 9.29. The minimum atomic E-state index is -4.60. The molecule has 0 aliphatic rings. The second kappa shape index (κ2) is 8.93. The third kappa shape index (κ3) is 5.32. The zero-order valence-electron chi connectivity index (χ0n) is 16.6. The number of carbonyl (C=O) groups excluding carboxylic acids is 1. The Morgan fingerprint density at radius 2 is 1.74 bits per heavy atom.